The first kappa shape index (κ1) is 21.4. The number of sulfone groups is 1. The summed E-state index contributed by atoms with van der Waals surface area (Å²) < 4.78 is 23.7. The Balaban J connectivity index is 1.45. The maximum absolute atomic E-state index is 12.9. The van der Waals surface area contributed by atoms with Crippen molar-refractivity contribution >= 4 is 38.6 Å². The lowest BCUT2D eigenvalue weighted by Gasteiger charge is -2.29. The normalized spacial score (nSPS) is 22.8. The van der Waals surface area contributed by atoms with Gasteiger partial charge in [-0.25, -0.2) is 13.2 Å². The van der Waals surface area contributed by atoms with Gasteiger partial charge >= 0.3 is 6.03 Å². The number of benzene rings is 1. The number of nitrogens with one attached hydrogen (secondary N) is 2. The fourth-order valence-corrected chi connectivity index (χ4v) is 6.12. The number of aromatic amines is 1. The molecule has 0 bridgehead atoms. The Morgan fingerprint density at radius 1 is 1.26 bits per heavy atom. The van der Waals surface area contributed by atoms with Gasteiger partial charge in [0.2, 0.25) is 5.91 Å². The molecule has 2 aromatic rings. The number of rotatable bonds is 7. The molecule has 9 nitrogen and oxygen atoms in total. The Morgan fingerprint density at radius 3 is 2.74 bits per heavy atom. The Labute approximate surface area is 180 Å². The van der Waals surface area contributed by atoms with Gasteiger partial charge in [-0.2, -0.15) is 0 Å². The van der Waals surface area contributed by atoms with E-state index in [0.717, 1.165) is 21.4 Å². The number of imide groups is 1. The van der Waals surface area contributed by atoms with Crippen molar-refractivity contribution < 1.29 is 22.8 Å². The minimum Gasteiger partial charge on any atom is -0.361 e. The van der Waals surface area contributed by atoms with Gasteiger partial charge in [-0.3, -0.25) is 14.5 Å². The molecule has 2 atom stereocenters. The molecular formula is C21H26N4O5S. The average molecular weight is 447 g/mol. The Morgan fingerprint density at radius 2 is 2.03 bits per heavy atom. The molecule has 2 fully saturated rings. The number of carbonyl (C=O) groups excluding carboxylic acids is 3. The summed E-state index contributed by atoms with van der Waals surface area (Å²) >= 11 is 0. The van der Waals surface area contributed by atoms with E-state index in [-0.39, 0.29) is 18.1 Å². The molecule has 31 heavy (non-hydrogen) atoms. The highest BCUT2D eigenvalue weighted by atomic mass is 32.2. The number of urea groups is 1. The largest absolute Gasteiger partial charge is 0.361 e. The molecule has 0 radical (unpaired) electrons. The lowest BCUT2D eigenvalue weighted by molar-refractivity contribution is -0.138. The van der Waals surface area contributed by atoms with Crippen LogP contribution in [0.15, 0.2) is 30.5 Å². The zero-order chi connectivity index (χ0) is 22.2. The minimum absolute atomic E-state index is 0.0565. The third-order valence-electron chi connectivity index (χ3n) is 5.93. The van der Waals surface area contributed by atoms with Gasteiger partial charge in [0.05, 0.1) is 11.5 Å². The first-order chi connectivity index (χ1) is 14.8. The summed E-state index contributed by atoms with van der Waals surface area (Å²) in [6.07, 6.45) is 3.18. The summed E-state index contributed by atoms with van der Waals surface area (Å²) in [4.78, 5) is 43.9. The van der Waals surface area contributed by atoms with E-state index in [1.54, 1.807) is 0 Å². The molecule has 10 heteroatoms. The highest BCUT2D eigenvalue weighted by Gasteiger charge is 2.41. The molecule has 2 aliphatic heterocycles. The van der Waals surface area contributed by atoms with Gasteiger partial charge in [-0.1, -0.05) is 25.1 Å². The van der Waals surface area contributed by atoms with Crippen molar-refractivity contribution in [3.63, 3.8) is 0 Å². The third kappa shape index (κ3) is 4.30. The van der Waals surface area contributed by atoms with E-state index in [0.29, 0.717) is 25.8 Å². The monoisotopic (exact) mass is 446 g/mol. The van der Waals surface area contributed by atoms with Crippen LogP contribution in [0.25, 0.3) is 10.9 Å². The van der Waals surface area contributed by atoms with Crippen molar-refractivity contribution in [2.24, 2.45) is 0 Å². The van der Waals surface area contributed by atoms with Crippen molar-refractivity contribution in [1.29, 1.82) is 0 Å². The molecule has 2 saturated heterocycles. The molecule has 0 spiro atoms. The molecule has 0 aliphatic carbocycles. The first-order valence-corrected chi connectivity index (χ1v) is 12.3. The summed E-state index contributed by atoms with van der Waals surface area (Å²) in [5, 5.41) is 3.65. The van der Waals surface area contributed by atoms with Crippen molar-refractivity contribution in [3.05, 3.63) is 36.0 Å². The van der Waals surface area contributed by atoms with Crippen molar-refractivity contribution in [2.75, 3.05) is 24.6 Å². The summed E-state index contributed by atoms with van der Waals surface area (Å²) in [5.41, 5.74) is 1.86. The molecule has 2 N–H and O–H groups in total. The van der Waals surface area contributed by atoms with E-state index in [4.69, 9.17) is 0 Å². The van der Waals surface area contributed by atoms with E-state index < -0.39 is 39.8 Å². The van der Waals surface area contributed by atoms with Gasteiger partial charge in [-0.15, -0.1) is 0 Å². The van der Waals surface area contributed by atoms with Crippen LogP contribution in [0.3, 0.4) is 0 Å². The topological polar surface area (TPSA) is 120 Å². The average Bonchev–Trinajstić information content (AvgIpc) is 3.38. The van der Waals surface area contributed by atoms with Crippen molar-refractivity contribution in [1.82, 2.24) is 20.1 Å². The van der Waals surface area contributed by atoms with Crippen LogP contribution in [-0.2, 0) is 25.8 Å². The fraction of sp³-hybridized carbons (Fsp3) is 0.476. The maximum Gasteiger partial charge on any atom is 0.325 e. The molecule has 0 saturated carbocycles. The highest BCUT2D eigenvalue weighted by molar-refractivity contribution is 7.91. The van der Waals surface area contributed by atoms with Crippen LogP contribution in [0.2, 0.25) is 0 Å². The Bertz CT molecular complexity index is 1130. The van der Waals surface area contributed by atoms with Gasteiger partial charge in [0, 0.05) is 36.1 Å². The van der Waals surface area contributed by atoms with Gasteiger partial charge in [0.1, 0.15) is 12.6 Å². The zero-order valence-corrected chi connectivity index (χ0v) is 18.2. The van der Waals surface area contributed by atoms with Crippen LogP contribution >= 0.6 is 0 Å². The van der Waals surface area contributed by atoms with E-state index >= 15 is 0 Å². The first-order valence-electron chi connectivity index (χ1n) is 10.5. The quantitative estimate of drug-likeness (QED) is 0.616. The molecule has 2 aliphatic rings. The van der Waals surface area contributed by atoms with Crippen LogP contribution in [0.4, 0.5) is 4.79 Å². The summed E-state index contributed by atoms with van der Waals surface area (Å²) in [6.45, 7) is 1.90. The molecular weight excluding hydrogens is 420 g/mol. The summed E-state index contributed by atoms with van der Waals surface area (Å²) in [7, 11) is -3.15. The van der Waals surface area contributed by atoms with Crippen molar-refractivity contribution in [2.45, 2.75) is 38.3 Å². The van der Waals surface area contributed by atoms with E-state index in [2.05, 4.69) is 10.3 Å². The number of hydrogen-bond acceptors (Lipinski definition) is 5. The number of para-hydroxylation sites is 1. The lowest BCUT2D eigenvalue weighted by atomic mass is 10.1. The molecule has 4 rings (SSSR count). The third-order valence-corrected chi connectivity index (χ3v) is 7.68. The fourth-order valence-electron chi connectivity index (χ4n) is 4.38. The lowest BCUT2D eigenvalue weighted by Crippen LogP contribution is -2.48. The predicted octanol–water partition coefficient (Wildman–Crippen LogP) is 1.06. The Hall–Kier alpha value is -2.88. The summed E-state index contributed by atoms with van der Waals surface area (Å²) in [5.74, 6) is -0.859. The summed E-state index contributed by atoms with van der Waals surface area (Å²) in [6, 6.07) is 5.96. The number of carbonyl (C=O) groups is 3. The van der Waals surface area contributed by atoms with E-state index in [1.165, 1.54) is 4.90 Å². The second kappa shape index (κ2) is 8.33. The number of amides is 4. The molecule has 1 aromatic heterocycles. The second-order valence-electron chi connectivity index (χ2n) is 8.13. The molecule has 3 heterocycles. The highest BCUT2D eigenvalue weighted by Crippen LogP contribution is 2.22. The Kier molecular flexibility index (Phi) is 5.74. The number of aromatic nitrogens is 1. The van der Waals surface area contributed by atoms with E-state index in [9.17, 15) is 22.8 Å². The smallest absolute Gasteiger partial charge is 0.325 e. The SMILES string of the molecule is CCCN(C(=O)CN1C(=O)N[C@@H](Cc2c[nH]c3ccccc23)C1=O)[C@@H]1CCS(=O)(=O)C1. The molecule has 4 amide bonds. The van der Waals surface area contributed by atoms with Gasteiger partial charge < -0.3 is 15.2 Å². The second-order valence-corrected chi connectivity index (χ2v) is 10.4. The molecule has 166 valence electrons. The van der Waals surface area contributed by atoms with E-state index in [1.807, 2.05) is 37.4 Å². The number of nitrogens with zero attached hydrogens (tertiary/aromatic N) is 2. The minimum atomic E-state index is -3.15. The van der Waals surface area contributed by atoms with Crippen LogP contribution in [0.1, 0.15) is 25.3 Å². The zero-order valence-electron chi connectivity index (χ0n) is 17.3. The van der Waals surface area contributed by atoms with Crippen LogP contribution in [0.5, 0.6) is 0 Å². The van der Waals surface area contributed by atoms with Crippen LogP contribution < -0.4 is 5.32 Å². The number of fused-ring (bicyclic) bond motifs is 1. The van der Waals surface area contributed by atoms with Crippen LogP contribution in [0, 0.1) is 0 Å². The number of H-pyrrole nitrogens is 1. The standard InChI is InChI=1S/C21H26N4O5S/c1-2-8-24(15-7-9-31(29,30)13-15)19(26)12-25-20(27)18(23-21(25)28)10-14-11-22-17-6-4-3-5-16(14)17/h3-6,11,15,18,22H,2,7-10,12-13H2,1H3,(H,23,28)/t15-,18+/m1/s1. The molecule has 0 unspecified atom stereocenters. The van der Waals surface area contributed by atoms with Crippen LogP contribution in [-0.4, -0.2) is 77.7 Å². The van der Waals surface area contributed by atoms with Gasteiger partial charge in [0.15, 0.2) is 9.84 Å². The molecule has 1 aromatic carbocycles. The predicted molar refractivity (Wildman–Crippen MR) is 115 cm³/mol. The van der Waals surface area contributed by atoms with Crippen molar-refractivity contribution in [3.8, 4) is 0 Å². The van der Waals surface area contributed by atoms with Gasteiger partial charge in [-0.05, 0) is 24.5 Å². The number of hydrogen-bond donors (Lipinski definition) is 2. The van der Waals surface area contributed by atoms with Gasteiger partial charge in [0.25, 0.3) is 5.91 Å². The maximum atomic E-state index is 12.9.